The second kappa shape index (κ2) is 5.54. The van der Waals surface area contributed by atoms with Gasteiger partial charge in [-0.05, 0) is 34.1 Å². The quantitative estimate of drug-likeness (QED) is 0.644. The van der Waals surface area contributed by atoms with Gasteiger partial charge in [0.25, 0.3) is 5.91 Å². The summed E-state index contributed by atoms with van der Waals surface area (Å²) in [5.74, 6) is -4.33. The monoisotopic (exact) mass is 344 g/mol. The third kappa shape index (κ3) is 2.93. The molecule has 3 N–H and O–H groups in total. The molecular weight excluding hydrogens is 337 g/mol. The van der Waals surface area contributed by atoms with E-state index in [1.165, 1.54) is 12.1 Å². The fourth-order valence-corrected chi connectivity index (χ4v) is 1.74. The van der Waals surface area contributed by atoms with Gasteiger partial charge in [0.2, 0.25) is 0 Å². The molecule has 0 fully saturated rings. The Balaban J connectivity index is 2.27. The molecule has 0 unspecified atom stereocenters. The molecule has 2 aromatic carbocycles. The van der Waals surface area contributed by atoms with Crippen LogP contribution in [0.1, 0.15) is 10.4 Å². The van der Waals surface area contributed by atoms with Gasteiger partial charge < -0.3 is 11.1 Å². The average Bonchev–Trinajstić information content (AvgIpc) is 2.39. The number of halogens is 4. The molecule has 2 rings (SSSR count). The summed E-state index contributed by atoms with van der Waals surface area (Å²) >= 11 is 3.17. The van der Waals surface area contributed by atoms with Gasteiger partial charge in [-0.15, -0.1) is 0 Å². The molecule has 2 aromatic rings. The van der Waals surface area contributed by atoms with E-state index < -0.39 is 29.0 Å². The maximum Gasteiger partial charge on any atom is 0.255 e. The lowest BCUT2D eigenvalue weighted by Gasteiger charge is -2.08. The largest absolute Gasteiger partial charge is 0.398 e. The molecule has 0 radical (unpaired) electrons. The number of nitrogen functional groups attached to an aromatic ring is 1. The van der Waals surface area contributed by atoms with E-state index in [0.717, 1.165) is 0 Å². The van der Waals surface area contributed by atoms with E-state index in [4.69, 9.17) is 5.73 Å². The number of carbonyl (C=O) groups is 1. The summed E-state index contributed by atoms with van der Waals surface area (Å²) in [5.41, 5.74) is 5.65. The molecule has 3 nitrogen and oxygen atoms in total. The van der Waals surface area contributed by atoms with Crippen molar-refractivity contribution >= 4 is 33.2 Å². The number of amides is 1. The van der Waals surface area contributed by atoms with E-state index in [1.807, 2.05) is 0 Å². The first kappa shape index (κ1) is 14.4. The molecule has 0 aliphatic carbocycles. The molecule has 0 atom stereocenters. The maximum atomic E-state index is 13.4. The van der Waals surface area contributed by atoms with Crippen LogP contribution >= 0.6 is 15.9 Å². The number of rotatable bonds is 2. The average molecular weight is 345 g/mol. The van der Waals surface area contributed by atoms with E-state index >= 15 is 0 Å². The summed E-state index contributed by atoms with van der Waals surface area (Å²) < 4.78 is 39.8. The van der Waals surface area contributed by atoms with Gasteiger partial charge >= 0.3 is 0 Å². The Hall–Kier alpha value is -2.02. The highest BCUT2D eigenvalue weighted by molar-refractivity contribution is 9.10. The molecule has 1 amide bonds. The molecule has 0 bridgehead atoms. The van der Waals surface area contributed by atoms with Crippen LogP contribution in [0.5, 0.6) is 0 Å². The zero-order chi connectivity index (χ0) is 14.9. The van der Waals surface area contributed by atoms with Crippen molar-refractivity contribution in [3.63, 3.8) is 0 Å². The maximum absolute atomic E-state index is 13.4. The van der Waals surface area contributed by atoms with Gasteiger partial charge in [-0.1, -0.05) is 0 Å². The third-order valence-corrected chi connectivity index (χ3v) is 3.24. The van der Waals surface area contributed by atoms with E-state index in [-0.39, 0.29) is 5.56 Å². The van der Waals surface area contributed by atoms with Crippen molar-refractivity contribution in [1.29, 1.82) is 0 Å². The van der Waals surface area contributed by atoms with Crippen molar-refractivity contribution in [2.75, 3.05) is 11.1 Å². The number of anilines is 2. The first-order valence-corrected chi connectivity index (χ1v) is 6.18. The minimum atomic E-state index is -1.33. The molecule has 0 saturated carbocycles. The van der Waals surface area contributed by atoms with Gasteiger partial charge in [0, 0.05) is 27.9 Å². The number of carbonyl (C=O) groups excluding carboxylic acids is 1. The summed E-state index contributed by atoms with van der Waals surface area (Å²) in [4.78, 5) is 11.9. The Kier molecular flexibility index (Phi) is 3.99. The first-order valence-electron chi connectivity index (χ1n) is 5.39. The highest BCUT2D eigenvalue weighted by atomic mass is 79.9. The molecule has 0 aliphatic rings. The molecule has 20 heavy (non-hydrogen) atoms. The van der Waals surface area contributed by atoms with Crippen LogP contribution in [-0.2, 0) is 0 Å². The number of benzene rings is 2. The van der Waals surface area contributed by atoms with Gasteiger partial charge in [-0.2, -0.15) is 0 Å². The molecule has 104 valence electrons. The van der Waals surface area contributed by atoms with Crippen molar-refractivity contribution < 1.29 is 18.0 Å². The van der Waals surface area contributed by atoms with E-state index in [0.29, 0.717) is 22.3 Å². The zero-order valence-corrected chi connectivity index (χ0v) is 11.5. The van der Waals surface area contributed by atoms with Crippen molar-refractivity contribution in [3.05, 3.63) is 57.8 Å². The standard InChI is InChI=1S/C13H8BrF3N2O/c14-7-2-1-6(3-11(7)18)13(20)19-12-5-9(16)8(15)4-10(12)17/h1-5H,18H2,(H,19,20). The second-order valence-corrected chi connectivity index (χ2v) is 4.79. The van der Waals surface area contributed by atoms with Crippen LogP contribution in [0.25, 0.3) is 0 Å². The number of hydrogen-bond donors (Lipinski definition) is 2. The van der Waals surface area contributed by atoms with Gasteiger partial charge in [0.1, 0.15) is 5.82 Å². The van der Waals surface area contributed by atoms with Crippen LogP contribution in [0.4, 0.5) is 24.5 Å². The lowest BCUT2D eigenvalue weighted by molar-refractivity contribution is 0.102. The number of nitrogens with one attached hydrogen (secondary N) is 1. The van der Waals surface area contributed by atoms with Crippen molar-refractivity contribution in [3.8, 4) is 0 Å². The fourth-order valence-electron chi connectivity index (χ4n) is 1.50. The highest BCUT2D eigenvalue weighted by Gasteiger charge is 2.14. The topological polar surface area (TPSA) is 55.1 Å². The van der Waals surface area contributed by atoms with Crippen LogP contribution in [0.3, 0.4) is 0 Å². The smallest absolute Gasteiger partial charge is 0.255 e. The predicted octanol–water partition coefficient (Wildman–Crippen LogP) is 3.70. The summed E-state index contributed by atoms with van der Waals surface area (Å²) in [6.07, 6.45) is 0. The number of nitrogens with two attached hydrogens (primary N) is 1. The van der Waals surface area contributed by atoms with E-state index in [1.54, 1.807) is 6.07 Å². The Morgan fingerprint density at radius 1 is 1.05 bits per heavy atom. The zero-order valence-electron chi connectivity index (χ0n) is 9.88. The van der Waals surface area contributed by atoms with Gasteiger partial charge in [-0.3, -0.25) is 4.79 Å². The lowest BCUT2D eigenvalue weighted by atomic mass is 10.2. The summed E-state index contributed by atoms with van der Waals surface area (Å²) in [5, 5.41) is 2.15. The molecule has 0 aliphatic heterocycles. The summed E-state index contributed by atoms with van der Waals surface area (Å²) in [6.45, 7) is 0. The molecule has 0 saturated heterocycles. The third-order valence-electron chi connectivity index (χ3n) is 2.52. The van der Waals surface area contributed by atoms with Crippen molar-refractivity contribution in [1.82, 2.24) is 0 Å². The molecule has 0 spiro atoms. The summed E-state index contributed by atoms with van der Waals surface area (Å²) in [7, 11) is 0. The Bertz CT molecular complexity index is 692. The Morgan fingerprint density at radius 2 is 1.70 bits per heavy atom. The minimum Gasteiger partial charge on any atom is -0.398 e. The molecule has 0 heterocycles. The van der Waals surface area contributed by atoms with Crippen molar-refractivity contribution in [2.45, 2.75) is 0 Å². The SMILES string of the molecule is Nc1cc(C(=O)Nc2cc(F)c(F)cc2F)ccc1Br. The first-order chi connectivity index (χ1) is 9.38. The normalized spacial score (nSPS) is 10.4. The van der Waals surface area contributed by atoms with Crippen LogP contribution in [0.15, 0.2) is 34.8 Å². The predicted molar refractivity (Wildman–Crippen MR) is 72.8 cm³/mol. The highest BCUT2D eigenvalue weighted by Crippen LogP contribution is 2.22. The van der Waals surface area contributed by atoms with Crippen LogP contribution in [0, 0.1) is 17.5 Å². The van der Waals surface area contributed by atoms with E-state index in [2.05, 4.69) is 21.2 Å². The van der Waals surface area contributed by atoms with Gasteiger partial charge in [0.05, 0.1) is 5.69 Å². The Labute approximate surface area is 120 Å². The molecule has 7 heteroatoms. The van der Waals surface area contributed by atoms with Crippen LogP contribution in [0.2, 0.25) is 0 Å². The Morgan fingerprint density at radius 3 is 2.35 bits per heavy atom. The fraction of sp³-hybridized carbons (Fsp3) is 0. The second-order valence-electron chi connectivity index (χ2n) is 3.94. The number of hydrogen-bond acceptors (Lipinski definition) is 2. The minimum absolute atomic E-state index is 0.162. The molecule has 0 aromatic heterocycles. The van der Waals surface area contributed by atoms with Gasteiger partial charge in [-0.25, -0.2) is 13.2 Å². The summed E-state index contributed by atoms with van der Waals surface area (Å²) in [6, 6.07) is 5.31. The van der Waals surface area contributed by atoms with Crippen LogP contribution in [-0.4, -0.2) is 5.91 Å². The molecular formula is C13H8BrF3N2O. The van der Waals surface area contributed by atoms with Crippen LogP contribution < -0.4 is 11.1 Å². The van der Waals surface area contributed by atoms with Crippen molar-refractivity contribution in [2.24, 2.45) is 0 Å². The lowest BCUT2D eigenvalue weighted by Crippen LogP contribution is -2.14. The van der Waals surface area contributed by atoms with Gasteiger partial charge in [0.15, 0.2) is 11.6 Å². The van der Waals surface area contributed by atoms with E-state index in [9.17, 15) is 18.0 Å².